The topological polar surface area (TPSA) is 51.2 Å². The van der Waals surface area contributed by atoms with Gasteiger partial charge in [0.1, 0.15) is 5.75 Å². The summed E-state index contributed by atoms with van der Waals surface area (Å²) in [5.41, 5.74) is 3.50. The van der Waals surface area contributed by atoms with Crippen molar-refractivity contribution in [3.05, 3.63) is 59.0 Å². The van der Waals surface area contributed by atoms with Crippen molar-refractivity contribution in [2.75, 3.05) is 18.2 Å². The number of nitrogens with zero attached hydrogens (tertiary/aromatic N) is 1. The van der Waals surface area contributed by atoms with Crippen molar-refractivity contribution in [1.82, 2.24) is 4.98 Å². The third kappa shape index (κ3) is 3.41. The number of nitrogens with one attached hydrogen (secondary N) is 1. The summed E-state index contributed by atoms with van der Waals surface area (Å²) >= 11 is 3.06. The highest BCUT2D eigenvalue weighted by Gasteiger charge is 2.23. The molecule has 0 spiro atoms. The van der Waals surface area contributed by atoms with Gasteiger partial charge in [-0.25, -0.2) is 4.98 Å². The van der Waals surface area contributed by atoms with Gasteiger partial charge in [-0.1, -0.05) is 24.3 Å². The first-order valence-corrected chi connectivity index (χ1v) is 9.68. The SMILES string of the molecule is COc1ccc(SCC(=O)Nc2nc3c(s2)Cc2ccccc2-3)cc1. The fourth-order valence-corrected chi connectivity index (χ4v) is 4.50. The third-order valence-electron chi connectivity index (χ3n) is 4.00. The molecule has 6 heteroatoms. The molecule has 1 aromatic heterocycles. The number of benzene rings is 2. The summed E-state index contributed by atoms with van der Waals surface area (Å²) in [5, 5.41) is 3.60. The van der Waals surface area contributed by atoms with E-state index in [-0.39, 0.29) is 5.91 Å². The molecule has 25 heavy (non-hydrogen) atoms. The standard InChI is InChI=1S/C19H16N2O2S2/c1-23-13-6-8-14(9-7-13)24-11-17(22)20-19-21-18-15-5-3-2-4-12(15)10-16(18)25-19/h2-9H,10-11H2,1H3,(H,20,21,22). The van der Waals surface area contributed by atoms with Crippen LogP contribution in [0.15, 0.2) is 53.4 Å². The largest absolute Gasteiger partial charge is 0.497 e. The van der Waals surface area contributed by atoms with Gasteiger partial charge >= 0.3 is 0 Å². The summed E-state index contributed by atoms with van der Waals surface area (Å²) in [6, 6.07) is 16.0. The molecule has 1 N–H and O–H groups in total. The van der Waals surface area contributed by atoms with Gasteiger partial charge in [0, 0.05) is 21.8 Å². The molecule has 1 heterocycles. The molecular formula is C19H16N2O2S2. The maximum Gasteiger partial charge on any atom is 0.236 e. The van der Waals surface area contributed by atoms with Crippen molar-refractivity contribution in [2.45, 2.75) is 11.3 Å². The van der Waals surface area contributed by atoms with Crippen LogP contribution in [0, 0.1) is 0 Å². The Bertz CT molecular complexity index is 919. The van der Waals surface area contributed by atoms with Gasteiger partial charge in [-0.15, -0.1) is 23.1 Å². The molecule has 4 nitrogen and oxygen atoms in total. The Kier molecular flexibility index (Phi) is 4.46. The number of methoxy groups -OCH3 is 1. The molecule has 1 aliphatic carbocycles. The maximum atomic E-state index is 12.2. The van der Waals surface area contributed by atoms with Crippen LogP contribution in [0.25, 0.3) is 11.3 Å². The lowest BCUT2D eigenvalue weighted by atomic mass is 10.1. The first-order valence-electron chi connectivity index (χ1n) is 7.87. The number of rotatable bonds is 5. The second-order valence-electron chi connectivity index (χ2n) is 5.64. The normalized spacial score (nSPS) is 11.7. The molecule has 0 bridgehead atoms. The number of hydrogen-bond acceptors (Lipinski definition) is 5. The third-order valence-corrected chi connectivity index (χ3v) is 5.98. The van der Waals surface area contributed by atoms with E-state index in [4.69, 9.17) is 4.74 Å². The Hall–Kier alpha value is -2.31. The fraction of sp³-hybridized carbons (Fsp3) is 0.158. The van der Waals surface area contributed by atoms with Crippen LogP contribution in [-0.4, -0.2) is 23.8 Å². The molecule has 0 saturated heterocycles. The lowest BCUT2D eigenvalue weighted by molar-refractivity contribution is -0.113. The van der Waals surface area contributed by atoms with Crippen molar-refractivity contribution in [3.8, 4) is 17.0 Å². The smallest absolute Gasteiger partial charge is 0.236 e. The average molecular weight is 368 g/mol. The van der Waals surface area contributed by atoms with E-state index >= 15 is 0 Å². The van der Waals surface area contributed by atoms with E-state index < -0.39 is 0 Å². The molecular weight excluding hydrogens is 352 g/mol. The molecule has 1 aliphatic rings. The Labute approximate surface area is 154 Å². The molecule has 1 amide bonds. The minimum absolute atomic E-state index is 0.0403. The van der Waals surface area contributed by atoms with Crippen molar-refractivity contribution >= 4 is 34.1 Å². The quantitative estimate of drug-likeness (QED) is 0.529. The number of amides is 1. The second kappa shape index (κ2) is 6.90. The zero-order valence-corrected chi connectivity index (χ0v) is 15.2. The zero-order valence-electron chi connectivity index (χ0n) is 13.6. The molecule has 2 aromatic carbocycles. The van der Waals surface area contributed by atoms with E-state index in [0.29, 0.717) is 10.9 Å². The van der Waals surface area contributed by atoms with E-state index in [0.717, 1.165) is 22.8 Å². The molecule has 4 rings (SSSR count). The van der Waals surface area contributed by atoms with Crippen LogP contribution in [0.5, 0.6) is 5.75 Å². The molecule has 126 valence electrons. The Balaban J connectivity index is 1.38. The summed E-state index contributed by atoms with van der Waals surface area (Å²) in [7, 11) is 1.64. The van der Waals surface area contributed by atoms with Gasteiger partial charge in [-0.2, -0.15) is 0 Å². The van der Waals surface area contributed by atoms with Crippen LogP contribution >= 0.6 is 23.1 Å². The summed E-state index contributed by atoms with van der Waals surface area (Å²) in [5.74, 6) is 1.13. The van der Waals surface area contributed by atoms with Crippen LogP contribution in [-0.2, 0) is 11.2 Å². The van der Waals surface area contributed by atoms with Gasteiger partial charge in [-0.05, 0) is 29.8 Å². The predicted molar refractivity (Wildman–Crippen MR) is 103 cm³/mol. The van der Waals surface area contributed by atoms with Gasteiger partial charge in [0.05, 0.1) is 18.6 Å². The molecule has 0 aliphatic heterocycles. The lowest BCUT2D eigenvalue weighted by Gasteiger charge is -2.04. The van der Waals surface area contributed by atoms with Crippen LogP contribution in [0.1, 0.15) is 10.4 Å². The number of fused-ring (bicyclic) bond motifs is 3. The second-order valence-corrected chi connectivity index (χ2v) is 7.77. The first-order chi connectivity index (χ1) is 12.2. The van der Waals surface area contributed by atoms with E-state index in [1.807, 2.05) is 30.3 Å². The summed E-state index contributed by atoms with van der Waals surface area (Å²) in [4.78, 5) is 19.1. The molecule has 0 atom stereocenters. The van der Waals surface area contributed by atoms with Gasteiger partial charge in [0.15, 0.2) is 5.13 Å². The Morgan fingerprint density at radius 1 is 1.24 bits per heavy atom. The number of aromatic nitrogens is 1. The van der Waals surface area contributed by atoms with Crippen LogP contribution < -0.4 is 10.1 Å². The summed E-state index contributed by atoms with van der Waals surface area (Å²) in [6.07, 6.45) is 0.902. The zero-order chi connectivity index (χ0) is 17.2. The number of thiazole rings is 1. The monoisotopic (exact) mass is 368 g/mol. The van der Waals surface area contributed by atoms with E-state index in [9.17, 15) is 4.79 Å². The van der Waals surface area contributed by atoms with Gasteiger partial charge in [0.2, 0.25) is 5.91 Å². The number of carbonyl (C=O) groups excluding carboxylic acids is 1. The van der Waals surface area contributed by atoms with E-state index in [1.54, 1.807) is 18.4 Å². The number of ether oxygens (including phenoxy) is 1. The van der Waals surface area contributed by atoms with Crippen LogP contribution in [0.3, 0.4) is 0 Å². The van der Waals surface area contributed by atoms with Crippen LogP contribution in [0.2, 0.25) is 0 Å². The Morgan fingerprint density at radius 2 is 2.04 bits per heavy atom. The van der Waals surface area contributed by atoms with Crippen molar-refractivity contribution in [1.29, 1.82) is 0 Å². The molecule has 0 radical (unpaired) electrons. The number of carbonyl (C=O) groups is 1. The van der Waals surface area contributed by atoms with Crippen molar-refractivity contribution in [3.63, 3.8) is 0 Å². The van der Waals surface area contributed by atoms with Gasteiger partial charge in [-0.3, -0.25) is 4.79 Å². The Morgan fingerprint density at radius 3 is 2.84 bits per heavy atom. The minimum Gasteiger partial charge on any atom is -0.497 e. The van der Waals surface area contributed by atoms with E-state index in [1.165, 1.54) is 27.8 Å². The number of anilines is 1. The minimum atomic E-state index is -0.0403. The number of thioether (sulfide) groups is 1. The number of hydrogen-bond donors (Lipinski definition) is 1. The van der Waals surface area contributed by atoms with Crippen molar-refractivity contribution in [2.24, 2.45) is 0 Å². The van der Waals surface area contributed by atoms with Gasteiger partial charge in [0.25, 0.3) is 0 Å². The average Bonchev–Trinajstić information content (AvgIpc) is 3.17. The molecule has 0 unspecified atom stereocenters. The van der Waals surface area contributed by atoms with E-state index in [2.05, 4.69) is 28.5 Å². The molecule has 3 aromatic rings. The predicted octanol–water partition coefficient (Wildman–Crippen LogP) is 4.45. The first kappa shape index (κ1) is 16.2. The summed E-state index contributed by atoms with van der Waals surface area (Å²) in [6.45, 7) is 0. The molecule has 0 saturated carbocycles. The van der Waals surface area contributed by atoms with Crippen molar-refractivity contribution < 1.29 is 9.53 Å². The fourth-order valence-electron chi connectivity index (χ4n) is 2.79. The highest BCUT2D eigenvalue weighted by molar-refractivity contribution is 8.00. The highest BCUT2D eigenvalue weighted by atomic mass is 32.2. The molecule has 0 fully saturated rings. The lowest BCUT2D eigenvalue weighted by Crippen LogP contribution is -2.13. The highest BCUT2D eigenvalue weighted by Crippen LogP contribution is 2.40. The van der Waals surface area contributed by atoms with Crippen LogP contribution in [0.4, 0.5) is 5.13 Å². The summed E-state index contributed by atoms with van der Waals surface area (Å²) < 4.78 is 5.13. The van der Waals surface area contributed by atoms with Gasteiger partial charge < -0.3 is 10.1 Å². The maximum absolute atomic E-state index is 12.2.